The molecule has 0 bridgehead atoms. The Balaban J connectivity index is 1.94. The maximum atomic E-state index is 12.3. The summed E-state index contributed by atoms with van der Waals surface area (Å²) in [4.78, 5) is 13.3. The minimum absolute atomic E-state index is 0.0675. The molecule has 1 aromatic rings. The number of thioether (sulfide) groups is 1. The van der Waals surface area contributed by atoms with Crippen molar-refractivity contribution in [1.29, 1.82) is 0 Å². The number of hydrogen-bond acceptors (Lipinski definition) is 3. The summed E-state index contributed by atoms with van der Waals surface area (Å²) in [5.74, 6) is 0.0675. The number of nitrogens with one attached hydrogen (secondary N) is 2. The summed E-state index contributed by atoms with van der Waals surface area (Å²) in [6.45, 7) is 0. The highest BCUT2D eigenvalue weighted by Gasteiger charge is 2.22. The predicted octanol–water partition coefficient (Wildman–Crippen LogP) is 2.67. The van der Waals surface area contributed by atoms with Crippen molar-refractivity contribution in [3.05, 3.63) is 29.8 Å². The molecule has 2 N–H and O–H groups in total. The van der Waals surface area contributed by atoms with Gasteiger partial charge in [-0.25, -0.2) is 0 Å². The molecule has 1 fully saturated rings. The van der Waals surface area contributed by atoms with Crippen molar-refractivity contribution in [2.45, 2.75) is 42.7 Å². The fourth-order valence-electron chi connectivity index (χ4n) is 2.62. The maximum Gasteiger partial charge on any atom is 0.252 e. The summed E-state index contributed by atoms with van der Waals surface area (Å²) >= 11 is 1.62. The minimum atomic E-state index is 0.0675. The molecule has 2 rings (SSSR count). The molecule has 1 amide bonds. The van der Waals surface area contributed by atoms with Gasteiger partial charge in [-0.05, 0) is 51.1 Å². The van der Waals surface area contributed by atoms with E-state index in [1.54, 1.807) is 11.8 Å². The predicted molar refractivity (Wildman–Crippen MR) is 80.8 cm³/mol. The van der Waals surface area contributed by atoms with Gasteiger partial charge >= 0.3 is 0 Å². The molecule has 19 heavy (non-hydrogen) atoms. The number of rotatable bonds is 4. The number of carbonyl (C=O) groups excluding carboxylic acids is 1. The van der Waals surface area contributed by atoms with Gasteiger partial charge in [-0.1, -0.05) is 12.1 Å². The van der Waals surface area contributed by atoms with E-state index in [9.17, 15) is 4.79 Å². The molecule has 4 heteroatoms. The molecule has 1 aliphatic carbocycles. The molecule has 104 valence electrons. The zero-order chi connectivity index (χ0) is 13.7. The van der Waals surface area contributed by atoms with Crippen molar-refractivity contribution in [2.75, 3.05) is 13.3 Å². The van der Waals surface area contributed by atoms with Crippen molar-refractivity contribution >= 4 is 17.7 Å². The fraction of sp³-hybridized carbons (Fsp3) is 0.533. The molecule has 1 aromatic carbocycles. The number of amides is 1. The molecular weight excluding hydrogens is 256 g/mol. The molecule has 1 saturated carbocycles. The Morgan fingerprint density at radius 2 is 1.79 bits per heavy atom. The molecule has 3 nitrogen and oxygen atoms in total. The van der Waals surface area contributed by atoms with Crippen LogP contribution in [0.4, 0.5) is 0 Å². The standard InChI is InChI=1S/C15H22N2OS/c1-16-11-7-9-12(10-8-11)17-15(18)13-5-3-4-6-14(13)19-2/h3-6,11-12,16H,7-10H2,1-2H3,(H,17,18). The summed E-state index contributed by atoms with van der Waals surface area (Å²) in [6, 6.07) is 8.74. The second kappa shape index (κ2) is 6.96. The lowest BCUT2D eigenvalue weighted by Gasteiger charge is -2.29. The van der Waals surface area contributed by atoms with Crippen LogP contribution in [0.3, 0.4) is 0 Å². The average molecular weight is 278 g/mol. The Kier molecular flexibility index (Phi) is 5.28. The van der Waals surface area contributed by atoms with Crippen LogP contribution in [0, 0.1) is 0 Å². The first-order chi connectivity index (χ1) is 9.24. The molecule has 0 saturated heterocycles. The SMILES string of the molecule is CNC1CCC(NC(=O)c2ccccc2SC)CC1. The van der Waals surface area contributed by atoms with Crippen molar-refractivity contribution < 1.29 is 4.79 Å². The van der Waals surface area contributed by atoms with E-state index in [0.717, 1.165) is 36.1 Å². The normalized spacial score (nSPS) is 23.1. The van der Waals surface area contributed by atoms with Crippen molar-refractivity contribution in [1.82, 2.24) is 10.6 Å². The van der Waals surface area contributed by atoms with Gasteiger partial charge in [0.2, 0.25) is 0 Å². The van der Waals surface area contributed by atoms with Gasteiger partial charge in [0.15, 0.2) is 0 Å². The van der Waals surface area contributed by atoms with Gasteiger partial charge in [0.25, 0.3) is 5.91 Å². The third-order valence-corrected chi connectivity index (χ3v) is 4.62. The molecule has 0 aromatic heterocycles. The van der Waals surface area contributed by atoms with E-state index in [2.05, 4.69) is 10.6 Å². The van der Waals surface area contributed by atoms with Gasteiger partial charge in [-0.15, -0.1) is 11.8 Å². The minimum Gasteiger partial charge on any atom is -0.349 e. The van der Waals surface area contributed by atoms with Crippen LogP contribution in [0.25, 0.3) is 0 Å². The lowest BCUT2D eigenvalue weighted by atomic mass is 9.91. The summed E-state index contributed by atoms with van der Waals surface area (Å²) < 4.78 is 0. The van der Waals surface area contributed by atoms with Crippen LogP contribution >= 0.6 is 11.8 Å². The summed E-state index contributed by atoms with van der Waals surface area (Å²) in [6.07, 6.45) is 6.43. The van der Waals surface area contributed by atoms with Crippen LogP contribution in [0.1, 0.15) is 36.0 Å². The molecule has 1 aliphatic rings. The average Bonchev–Trinajstić information content (AvgIpc) is 2.48. The quantitative estimate of drug-likeness (QED) is 0.832. The molecule has 0 aliphatic heterocycles. The maximum absolute atomic E-state index is 12.3. The van der Waals surface area contributed by atoms with Crippen LogP contribution in [-0.2, 0) is 0 Å². The lowest BCUT2D eigenvalue weighted by Crippen LogP contribution is -2.41. The Labute approximate surface area is 119 Å². The zero-order valence-corrected chi connectivity index (χ0v) is 12.4. The second-order valence-corrected chi connectivity index (χ2v) is 5.86. The molecule has 0 unspecified atom stereocenters. The van der Waals surface area contributed by atoms with E-state index in [0.29, 0.717) is 12.1 Å². The van der Waals surface area contributed by atoms with E-state index in [1.807, 2.05) is 37.6 Å². The Bertz CT molecular complexity index is 428. The highest BCUT2D eigenvalue weighted by molar-refractivity contribution is 7.98. The van der Waals surface area contributed by atoms with Crippen LogP contribution in [0.5, 0.6) is 0 Å². The molecule has 0 atom stereocenters. The Hall–Kier alpha value is -1.00. The van der Waals surface area contributed by atoms with E-state index < -0.39 is 0 Å². The fourth-order valence-corrected chi connectivity index (χ4v) is 3.22. The van der Waals surface area contributed by atoms with Crippen molar-refractivity contribution in [2.24, 2.45) is 0 Å². The van der Waals surface area contributed by atoms with Crippen LogP contribution < -0.4 is 10.6 Å². The topological polar surface area (TPSA) is 41.1 Å². The van der Waals surface area contributed by atoms with Gasteiger partial charge in [0.1, 0.15) is 0 Å². The third kappa shape index (κ3) is 3.74. The Morgan fingerprint density at radius 1 is 1.16 bits per heavy atom. The van der Waals surface area contributed by atoms with E-state index in [1.165, 1.54) is 0 Å². The number of carbonyl (C=O) groups is 1. The molecule has 0 spiro atoms. The molecule has 0 radical (unpaired) electrons. The van der Waals surface area contributed by atoms with E-state index in [-0.39, 0.29) is 5.91 Å². The monoisotopic (exact) mass is 278 g/mol. The first-order valence-corrected chi connectivity index (χ1v) is 8.08. The molecule has 0 heterocycles. The van der Waals surface area contributed by atoms with Gasteiger partial charge in [-0.2, -0.15) is 0 Å². The number of hydrogen-bond donors (Lipinski definition) is 2. The third-order valence-electron chi connectivity index (χ3n) is 3.82. The first kappa shape index (κ1) is 14.4. The van der Waals surface area contributed by atoms with Crippen LogP contribution in [0.15, 0.2) is 29.2 Å². The van der Waals surface area contributed by atoms with Crippen LogP contribution in [0.2, 0.25) is 0 Å². The first-order valence-electron chi connectivity index (χ1n) is 6.85. The van der Waals surface area contributed by atoms with Crippen LogP contribution in [-0.4, -0.2) is 31.3 Å². The summed E-state index contributed by atoms with van der Waals surface area (Å²) in [5, 5.41) is 6.49. The van der Waals surface area contributed by atoms with Crippen molar-refractivity contribution in [3.8, 4) is 0 Å². The second-order valence-electron chi connectivity index (χ2n) is 5.01. The van der Waals surface area contributed by atoms with Gasteiger partial charge < -0.3 is 10.6 Å². The lowest BCUT2D eigenvalue weighted by molar-refractivity contribution is 0.0921. The van der Waals surface area contributed by atoms with Gasteiger partial charge in [0, 0.05) is 17.0 Å². The highest BCUT2D eigenvalue weighted by atomic mass is 32.2. The zero-order valence-electron chi connectivity index (χ0n) is 11.6. The summed E-state index contributed by atoms with van der Waals surface area (Å²) in [7, 11) is 2.01. The Morgan fingerprint density at radius 3 is 2.42 bits per heavy atom. The van der Waals surface area contributed by atoms with Crippen molar-refractivity contribution in [3.63, 3.8) is 0 Å². The van der Waals surface area contributed by atoms with Gasteiger partial charge in [-0.3, -0.25) is 4.79 Å². The van der Waals surface area contributed by atoms with E-state index >= 15 is 0 Å². The smallest absolute Gasteiger partial charge is 0.252 e. The highest BCUT2D eigenvalue weighted by Crippen LogP contribution is 2.22. The largest absolute Gasteiger partial charge is 0.349 e. The van der Waals surface area contributed by atoms with Gasteiger partial charge in [0.05, 0.1) is 5.56 Å². The molecular formula is C15H22N2OS. The number of benzene rings is 1. The van der Waals surface area contributed by atoms with E-state index in [4.69, 9.17) is 0 Å². The summed E-state index contributed by atoms with van der Waals surface area (Å²) in [5.41, 5.74) is 0.797.